The average Bonchev–Trinajstić information content (AvgIpc) is 3.01. The second-order valence-electron chi connectivity index (χ2n) is 8.58. The van der Waals surface area contributed by atoms with Gasteiger partial charge in [-0.2, -0.15) is 0 Å². The van der Waals surface area contributed by atoms with Crippen LogP contribution < -0.4 is 33.4 Å². The highest BCUT2D eigenvalue weighted by Gasteiger charge is 2.12. The molecule has 2 aromatic carbocycles. The molecule has 0 radical (unpaired) electrons. The molecular weight excluding hydrogens is 508 g/mol. The molecule has 0 bridgehead atoms. The first-order chi connectivity index (χ1) is 19.5. The molecule has 0 unspecified atom stereocenters. The molecule has 0 saturated carbocycles. The number of aromatic amines is 1. The number of pyridine rings is 2. The summed E-state index contributed by atoms with van der Waals surface area (Å²) in [4.78, 5) is 7.87. The van der Waals surface area contributed by atoms with Crippen molar-refractivity contribution in [3.05, 3.63) is 83.2 Å². The van der Waals surface area contributed by atoms with Gasteiger partial charge in [-0.15, -0.1) is 0 Å². The highest BCUT2D eigenvalue weighted by atomic mass is 16.5. The van der Waals surface area contributed by atoms with E-state index in [0.29, 0.717) is 34.5 Å². The van der Waals surface area contributed by atoms with E-state index in [1.54, 1.807) is 48.9 Å². The van der Waals surface area contributed by atoms with Crippen LogP contribution in [0.15, 0.2) is 60.9 Å². The Morgan fingerprint density at radius 1 is 0.525 bits per heavy atom. The summed E-state index contributed by atoms with van der Waals surface area (Å²) in [6, 6.07) is 15.4. The molecule has 8 nitrogen and oxygen atoms in total. The van der Waals surface area contributed by atoms with Crippen molar-refractivity contribution in [3.8, 4) is 45.9 Å². The summed E-state index contributed by atoms with van der Waals surface area (Å²) >= 11 is 0. The van der Waals surface area contributed by atoms with E-state index in [1.807, 2.05) is 79.0 Å². The van der Waals surface area contributed by atoms with Gasteiger partial charge in [-0.05, 0) is 35.4 Å². The van der Waals surface area contributed by atoms with Crippen molar-refractivity contribution in [1.82, 2.24) is 4.98 Å². The Morgan fingerprint density at radius 3 is 1.50 bits per heavy atom. The molecule has 0 saturated heterocycles. The van der Waals surface area contributed by atoms with E-state index in [0.717, 1.165) is 33.6 Å². The predicted octanol–water partition coefficient (Wildman–Crippen LogP) is 5.96. The first-order valence-electron chi connectivity index (χ1n) is 12.5. The van der Waals surface area contributed by atoms with Crippen LogP contribution in [0.1, 0.15) is 22.3 Å². The van der Waals surface area contributed by atoms with Gasteiger partial charge < -0.3 is 28.4 Å². The van der Waals surface area contributed by atoms with Gasteiger partial charge in [0.15, 0.2) is 29.2 Å². The minimum absolute atomic E-state index is 0.608. The fourth-order valence-corrected chi connectivity index (χ4v) is 4.17. The zero-order valence-electron chi connectivity index (χ0n) is 23.5. The minimum Gasteiger partial charge on any atom is -0.496 e. The van der Waals surface area contributed by atoms with Crippen LogP contribution in [-0.4, -0.2) is 47.6 Å². The molecule has 0 spiro atoms. The minimum atomic E-state index is 0.608. The van der Waals surface area contributed by atoms with Crippen LogP contribution in [0.3, 0.4) is 0 Å². The molecule has 2 aromatic heterocycles. The molecule has 1 N–H and O–H groups in total. The summed E-state index contributed by atoms with van der Waals surface area (Å²) in [5.74, 6) is 3.84. The number of ether oxygens (including phenoxy) is 6. The normalized spacial score (nSPS) is 11.1. The third-order valence-electron chi connectivity index (χ3n) is 6.27. The maximum absolute atomic E-state index is 5.55. The third kappa shape index (κ3) is 6.35. The SMILES string of the molecule is COc1cc(OC)c(OC)cc1/C=C/c1ccnc(-c2cc(/C=C/c3cc(OC)c(OC)cc3OC)cc[nH+]2)c1. The lowest BCUT2D eigenvalue weighted by Crippen LogP contribution is -2.06. The standard InChI is InChI=1S/C32H32N2O6/c1-35-27-19-31(39-5)29(37-3)17-23(27)9-7-21-11-13-33-25(15-21)26-16-22(12-14-34-26)8-10-24-18-30(38-4)32(40-6)20-28(24)36-2/h7-20H,1-6H3/p+1/b9-7+,10-8+. The number of nitrogens with zero attached hydrogens (tertiary/aromatic N) is 1. The monoisotopic (exact) mass is 541 g/mol. The summed E-state index contributed by atoms with van der Waals surface area (Å²) < 4.78 is 32.7. The van der Waals surface area contributed by atoms with Gasteiger partial charge in [0.1, 0.15) is 17.2 Å². The molecule has 4 aromatic rings. The zero-order valence-corrected chi connectivity index (χ0v) is 23.5. The van der Waals surface area contributed by atoms with Crippen LogP contribution in [0.25, 0.3) is 35.7 Å². The van der Waals surface area contributed by atoms with Crippen molar-refractivity contribution in [2.75, 3.05) is 42.7 Å². The van der Waals surface area contributed by atoms with E-state index in [9.17, 15) is 0 Å². The van der Waals surface area contributed by atoms with E-state index < -0.39 is 0 Å². The number of nitrogens with one attached hydrogen (secondary N) is 1. The second-order valence-corrected chi connectivity index (χ2v) is 8.58. The summed E-state index contributed by atoms with van der Waals surface area (Å²) in [5.41, 5.74) is 5.38. The summed E-state index contributed by atoms with van der Waals surface area (Å²) in [6.07, 6.45) is 11.6. The van der Waals surface area contributed by atoms with E-state index in [2.05, 4.69) is 9.97 Å². The van der Waals surface area contributed by atoms with Gasteiger partial charge in [-0.1, -0.05) is 24.3 Å². The average molecular weight is 542 g/mol. The largest absolute Gasteiger partial charge is 0.496 e. The number of benzene rings is 2. The third-order valence-corrected chi connectivity index (χ3v) is 6.27. The number of hydrogen-bond acceptors (Lipinski definition) is 7. The van der Waals surface area contributed by atoms with Crippen molar-refractivity contribution < 1.29 is 33.4 Å². The molecule has 40 heavy (non-hydrogen) atoms. The Morgan fingerprint density at radius 2 is 1.00 bits per heavy atom. The molecule has 0 aliphatic rings. The fraction of sp³-hybridized carbons (Fsp3) is 0.188. The predicted molar refractivity (Wildman–Crippen MR) is 156 cm³/mol. The summed E-state index contributed by atoms with van der Waals surface area (Å²) in [6.45, 7) is 0. The Bertz CT molecular complexity index is 1420. The molecule has 0 aliphatic heterocycles. The molecular formula is C32H33N2O6+. The molecule has 206 valence electrons. The van der Waals surface area contributed by atoms with Crippen LogP contribution in [0.4, 0.5) is 0 Å². The Kier molecular flexibility index (Phi) is 9.25. The van der Waals surface area contributed by atoms with E-state index in [4.69, 9.17) is 28.4 Å². The first kappa shape index (κ1) is 28.0. The smallest absolute Gasteiger partial charge is 0.230 e. The molecule has 0 amide bonds. The lowest BCUT2D eigenvalue weighted by molar-refractivity contribution is -0.364. The van der Waals surface area contributed by atoms with Crippen molar-refractivity contribution in [3.63, 3.8) is 0 Å². The highest BCUT2D eigenvalue weighted by Crippen LogP contribution is 2.36. The van der Waals surface area contributed by atoms with E-state index >= 15 is 0 Å². The molecule has 8 heteroatoms. The molecule has 0 atom stereocenters. The van der Waals surface area contributed by atoms with E-state index in [1.165, 1.54) is 0 Å². The number of hydrogen-bond donors (Lipinski definition) is 0. The van der Waals surface area contributed by atoms with Crippen LogP contribution in [0.2, 0.25) is 0 Å². The second kappa shape index (κ2) is 13.2. The lowest BCUT2D eigenvalue weighted by Gasteiger charge is -2.12. The van der Waals surface area contributed by atoms with Gasteiger partial charge in [0.25, 0.3) is 0 Å². The quantitative estimate of drug-likeness (QED) is 0.232. The Labute approximate surface area is 234 Å². The van der Waals surface area contributed by atoms with Gasteiger partial charge in [0.05, 0.1) is 42.7 Å². The number of aromatic nitrogens is 2. The first-order valence-corrected chi connectivity index (χ1v) is 12.5. The number of methoxy groups -OCH3 is 6. The van der Waals surface area contributed by atoms with Crippen LogP contribution in [0.5, 0.6) is 34.5 Å². The molecule has 0 aliphatic carbocycles. The van der Waals surface area contributed by atoms with Crippen LogP contribution >= 0.6 is 0 Å². The van der Waals surface area contributed by atoms with Crippen molar-refractivity contribution in [2.24, 2.45) is 0 Å². The van der Waals surface area contributed by atoms with Crippen molar-refractivity contribution >= 4 is 24.3 Å². The van der Waals surface area contributed by atoms with Gasteiger partial charge >= 0.3 is 0 Å². The van der Waals surface area contributed by atoms with Crippen LogP contribution in [-0.2, 0) is 0 Å². The number of H-pyrrole nitrogens is 1. The molecule has 0 fully saturated rings. The lowest BCUT2D eigenvalue weighted by atomic mass is 10.1. The maximum atomic E-state index is 5.55. The summed E-state index contributed by atoms with van der Waals surface area (Å²) in [5, 5.41) is 0. The Balaban J connectivity index is 1.60. The van der Waals surface area contributed by atoms with Crippen molar-refractivity contribution in [2.45, 2.75) is 0 Å². The van der Waals surface area contributed by atoms with E-state index in [-0.39, 0.29) is 0 Å². The zero-order chi connectivity index (χ0) is 28.5. The van der Waals surface area contributed by atoms with Crippen LogP contribution in [0, 0.1) is 0 Å². The molecule has 4 rings (SSSR count). The number of rotatable bonds is 11. The van der Waals surface area contributed by atoms with Gasteiger partial charge in [0.2, 0.25) is 5.69 Å². The molecule has 2 heterocycles. The van der Waals surface area contributed by atoms with Gasteiger partial charge in [-0.25, -0.2) is 9.97 Å². The van der Waals surface area contributed by atoms with Gasteiger partial charge in [0, 0.05) is 41.6 Å². The van der Waals surface area contributed by atoms with Gasteiger partial charge in [-0.3, -0.25) is 0 Å². The van der Waals surface area contributed by atoms with Crippen molar-refractivity contribution in [1.29, 1.82) is 0 Å². The Hall–Kier alpha value is -4.98. The maximum Gasteiger partial charge on any atom is 0.230 e. The fourth-order valence-electron chi connectivity index (χ4n) is 4.17. The summed E-state index contributed by atoms with van der Waals surface area (Å²) in [7, 11) is 9.67. The topological polar surface area (TPSA) is 82.4 Å². The highest BCUT2D eigenvalue weighted by molar-refractivity contribution is 5.77.